The largest absolute Gasteiger partial charge is 0.496 e. The Balaban J connectivity index is 2.56. The quantitative estimate of drug-likeness (QED) is 0.693. The minimum absolute atomic E-state index is 0.108. The zero-order valence-electron chi connectivity index (χ0n) is 10.1. The van der Waals surface area contributed by atoms with Crippen molar-refractivity contribution >= 4 is 23.1 Å². The number of carbonyl (C=O) groups excluding carboxylic acids is 1. The molecule has 0 fully saturated rings. The van der Waals surface area contributed by atoms with E-state index < -0.39 is 11.6 Å². The van der Waals surface area contributed by atoms with Crippen LogP contribution in [0.15, 0.2) is 36.4 Å². The average molecular weight is 280 g/mol. The van der Waals surface area contributed by atoms with Crippen molar-refractivity contribution in [1.82, 2.24) is 0 Å². The number of rotatable bonds is 3. The number of ketones is 1. The predicted molar refractivity (Wildman–Crippen MR) is 72.2 cm³/mol. The maximum Gasteiger partial charge on any atom is 0.198 e. The van der Waals surface area contributed by atoms with E-state index in [0.29, 0.717) is 0 Å². The van der Waals surface area contributed by atoms with Crippen molar-refractivity contribution in [1.29, 1.82) is 0 Å². The Labute approximate surface area is 114 Å². The lowest BCUT2D eigenvalue weighted by Gasteiger charge is -2.10. The molecule has 0 spiro atoms. The molecule has 0 aromatic heterocycles. The summed E-state index contributed by atoms with van der Waals surface area (Å²) in [6, 6.07) is 8.45. The first kappa shape index (κ1) is 13.4. The van der Waals surface area contributed by atoms with Crippen LogP contribution in [-0.2, 0) is 0 Å². The van der Waals surface area contributed by atoms with E-state index in [1.54, 1.807) is 12.1 Å². The van der Waals surface area contributed by atoms with Crippen LogP contribution in [0.3, 0.4) is 0 Å². The van der Waals surface area contributed by atoms with Gasteiger partial charge in [0.1, 0.15) is 11.6 Å². The smallest absolute Gasteiger partial charge is 0.198 e. The number of benzene rings is 2. The van der Waals surface area contributed by atoms with Crippen LogP contribution in [0.5, 0.6) is 5.75 Å². The molecule has 19 heavy (non-hydrogen) atoms. The molecule has 0 aliphatic rings. The van der Waals surface area contributed by atoms with Crippen LogP contribution >= 0.6 is 11.6 Å². The molecule has 0 heterocycles. The Bertz CT molecular complexity index is 643. The summed E-state index contributed by atoms with van der Waals surface area (Å²) in [4.78, 5) is 12.4. The van der Waals surface area contributed by atoms with Gasteiger partial charge in [0, 0.05) is 5.56 Å². The van der Waals surface area contributed by atoms with E-state index in [4.69, 9.17) is 22.1 Å². The number of halogens is 2. The summed E-state index contributed by atoms with van der Waals surface area (Å²) in [6.45, 7) is 0. The molecule has 5 heteroatoms. The van der Waals surface area contributed by atoms with Gasteiger partial charge in [0.25, 0.3) is 0 Å². The first-order chi connectivity index (χ1) is 9.04. The van der Waals surface area contributed by atoms with E-state index >= 15 is 0 Å². The molecular formula is C14H11ClFNO2. The van der Waals surface area contributed by atoms with Crippen LogP contribution in [0, 0.1) is 5.82 Å². The maximum absolute atomic E-state index is 13.3. The third-order valence-electron chi connectivity index (χ3n) is 2.70. The molecule has 0 bridgehead atoms. The Kier molecular flexibility index (Phi) is 3.71. The van der Waals surface area contributed by atoms with E-state index in [0.717, 1.165) is 6.07 Å². The number of hydrogen-bond acceptors (Lipinski definition) is 3. The molecule has 2 rings (SSSR count). The molecule has 0 radical (unpaired) electrons. The maximum atomic E-state index is 13.3. The van der Waals surface area contributed by atoms with Gasteiger partial charge in [-0.2, -0.15) is 0 Å². The monoisotopic (exact) mass is 279 g/mol. The highest BCUT2D eigenvalue weighted by Crippen LogP contribution is 2.28. The molecule has 98 valence electrons. The summed E-state index contributed by atoms with van der Waals surface area (Å²) in [5.41, 5.74) is 6.26. The number of ether oxygens (including phenoxy) is 1. The highest BCUT2D eigenvalue weighted by Gasteiger charge is 2.18. The van der Waals surface area contributed by atoms with Gasteiger partial charge in [-0.15, -0.1) is 0 Å². The second-order valence-electron chi connectivity index (χ2n) is 3.87. The fourth-order valence-electron chi connectivity index (χ4n) is 1.74. The van der Waals surface area contributed by atoms with Gasteiger partial charge in [-0.05, 0) is 30.3 Å². The first-order valence-electron chi connectivity index (χ1n) is 5.47. The third-order valence-corrected chi connectivity index (χ3v) is 3.03. The van der Waals surface area contributed by atoms with Gasteiger partial charge >= 0.3 is 0 Å². The van der Waals surface area contributed by atoms with Gasteiger partial charge < -0.3 is 10.5 Å². The Hall–Kier alpha value is -2.07. The number of nitrogen functional groups attached to an aromatic ring is 1. The van der Waals surface area contributed by atoms with E-state index in [1.807, 2.05) is 0 Å². The zero-order valence-corrected chi connectivity index (χ0v) is 10.9. The van der Waals surface area contributed by atoms with Gasteiger partial charge in [-0.1, -0.05) is 17.7 Å². The number of anilines is 1. The molecule has 0 unspecified atom stereocenters. The van der Waals surface area contributed by atoms with E-state index in [1.165, 1.54) is 25.3 Å². The van der Waals surface area contributed by atoms with Crippen LogP contribution in [0.1, 0.15) is 15.9 Å². The molecule has 0 saturated carbocycles. The number of nitrogens with two attached hydrogens (primary N) is 1. The van der Waals surface area contributed by atoms with Crippen LogP contribution < -0.4 is 10.5 Å². The number of methoxy groups -OCH3 is 1. The number of hydrogen-bond donors (Lipinski definition) is 1. The SMILES string of the molecule is COc1ccc(F)cc1C(=O)c1cccc(Cl)c1N. The van der Waals surface area contributed by atoms with Crippen LogP contribution in [0.2, 0.25) is 5.02 Å². The molecule has 0 atom stereocenters. The van der Waals surface area contributed by atoms with Crippen LogP contribution in [0.4, 0.5) is 10.1 Å². The molecule has 2 N–H and O–H groups in total. The zero-order chi connectivity index (χ0) is 14.0. The lowest BCUT2D eigenvalue weighted by atomic mass is 10.0. The van der Waals surface area contributed by atoms with E-state index in [-0.39, 0.29) is 27.6 Å². The molecule has 2 aromatic carbocycles. The fraction of sp³-hybridized carbons (Fsp3) is 0.0714. The van der Waals surface area contributed by atoms with Gasteiger partial charge in [0.15, 0.2) is 5.78 Å². The summed E-state index contributed by atoms with van der Waals surface area (Å²) < 4.78 is 18.3. The molecule has 0 aliphatic heterocycles. The van der Waals surface area contributed by atoms with Crippen molar-refractivity contribution in [3.05, 3.63) is 58.4 Å². The Morgan fingerprint density at radius 3 is 2.68 bits per heavy atom. The molecule has 0 aliphatic carbocycles. The molecule has 3 nitrogen and oxygen atoms in total. The molecule has 2 aromatic rings. The Morgan fingerprint density at radius 1 is 1.26 bits per heavy atom. The molecule has 0 amide bonds. The lowest BCUT2D eigenvalue weighted by Crippen LogP contribution is -2.08. The van der Waals surface area contributed by atoms with Crippen LogP contribution in [-0.4, -0.2) is 12.9 Å². The molecule has 0 saturated heterocycles. The van der Waals surface area contributed by atoms with Crippen molar-refractivity contribution in [2.24, 2.45) is 0 Å². The minimum Gasteiger partial charge on any atom is -0.496 e. The van der Waals surface area contributed by atoms with Crippen molar-refractivity contribution in [3.63, 3.8) is 0 Å². The van der Waals surface area contributed by atoms with Crippen molar-refractivity contribution in [3.8, 4) is 5.75 Å². The van der Waals surface area contributed by atoms with Crippen molar-refractivity contribution in [2.45, 2.75) is 0 Å². The summed E-state index contributed by atoms with van der Waals surface area (Å²) in [6.07, 6.45) is 0. The highest BCUT2D eigenvalue weighted by atomic mass is 35.5. The Morgan fingerprint density at radius 2 is 2.00 bits per heavy atom. The van der Waals surface area contributed by atoms with Crippen LogP contribution in [0.25, 0.3) is 0 Å². The fourth-order valence-corrected chi connectivity index (χ4v) is 1.91. The summed E-state index contributed by atoms with van der Waals surface area (Å²) in [7, 11) is 1.41. The van der Waals surface area contributed by atoms with E-state index in [2.05, 4.69) is 0 Å². The minimum atomic E-state index is -0.523. The van der Waals surface area contributed by atoms with E-state index in [9.17, 15) is 9.18 Å². The second kappa shape index (κ2) is 5.28. The highest BCUT2D eigenvalue weighted by molar-refractivity contribution is 6.34. The predicted octanol–water partition coefficient (Wildman–Crippen LogP) is 3.30. The standard InChI is InChI=1S/C14H11ClFNO2/c1-19-12-6-5-8(16)7-10(12)14(18)9-3-2-4-11(15)13(9)17/h2-7H,17H2,1H3. The first-order valence-corrected chi connectivity index (χ1v) is 5.84. The third kappa shape index (κ3) is 2.53. The van der Waals surface area contributed by atoms with Crippen molar-refractivity contribution < 1.29 is 13.9 Å². The normalized spacial score (nSPS) is 10.3. The van der Waals surface area contributed by atoms with Gasteiger partial charge in [0.2, 0.25) is 0 Å². The summed E-state index contributed by atoms with van der Waals surface area (Å²) in [5.74, 6) is -0.674. The van der Waals surface area contributed by atoms with Crippen molar-refractivity contribution in [2.75, 3.05) is 12.8 Å². The summed E-state index contributed by atoms with van der Waals surface area (Å²) in [5, 5.41) is 0.279. The van der Waals surface area contributed by atoms with Gasteiger partial charge in [-0.3, -0.25) is 4.79 Å². The average Bonchev–Trinajstić information content (AvgIpc) is 2.41. The topological polar surface area (TPSA) is 52.3 Å². The van der Waals surface area contributed by atoms with Gasteiger partial charge in [0.05, 0.1) is 23.4 Å². The summed E-state index contributed by atoms with van der Waals surface area (Å²) >= 11 is 5.87. The number of carbonyl (C=O) groups is 1. The lowest BCUT2D eigenvalue weighted by molar-refractivity contribution is 0.103. The molecular weight excluding hydrogens is 269 g/mol. The van der Waals surface area contributed by atoms with Gasteiger partial charge in [-0.25, -0.2) is 4.39 Å². The number of para-hydroxylation sites is 1. The second-order valence-corrected chi connectivity index (χ2v) is 4.28.